The predicted molar refractivity (Wildman–Crippen MR) is 183 cm³/mol. The molecule has 4 nitrogen and oxygen atoms in total. The highest BCUT2D eigenvalue weighted by atomic mass is 32.2. The second-order valence-corrected chi connectivity index (χ2v) is 12.8. The maximum Gasteiger partial charge on any atom is 0.120 e. The van der Waals surface area contributed by atoms with Crippen LogP contribution in [0.15, 0.2) is 97.1 Å². The molecular formula is C39H39NO3S. The Kier molecular flexibility index (Phi) is 8.58. The Hall–Kier alpha value is -4.35. The average molecular weight is 602 g/mol. The molecule has 1 unspecified atom stereocenters. The highest BCUT2D eigenvalue weighted by molar-refractivity contribution is 7.85. The first-order valence-electron chi connectivity index (χ1n) is 15.2. The molecule has 0 radical (unpaired) electrons. The largest absolute Gasteiger partial charge is 0.489 e. The van der Waals surface area contributed by atoms with Gasteiger partial charge in [0.1, 0.15) is 35.7 Å². The lowest BCUT2D eigenvalue weighted by Crippen LogP contribution is -2.29. The van der Waals surface area contributed by atoms with Crippen LogP contribution in [0, 0.1) is 20.8 Å². The number of rotatable bonds is 9. The van der Waals surface area contributed by atoms with Gasteiger partial charge in [0, 0.05) is 11.8 Å². The van der Waals surface area contributed by atoms with Crippen LogP contribution in [0.25, 0.3) is 22.3 Å². The number of fused-ring (bicyclic) bond motifs is 3. The summed E-state index contributed by atoms with van der Waals surface area (Å²) >= 11 is 0. The molecular weight excluding hydrogens is 563 g/mol. The predicted octanol–water partition coefficient (Wildman–Crippen LogP) is 9.28. The molecule has 6 rings (SSSR count). The first kappa shape index (κ1) is 29.7. The summed E-state index contributed by atoms with van der Waals surface area (Å²) in [6.07, 6.45) is 2.68. The van der Waals surface area contributed by atoms with Crippen LogP contribution in [0.2, 0.25) is 0 Å². The van der Waals surface area contributed by atoms with Crippen LogP contribution in [0.1, 0.15) is 45.9 Å². The van der Waals surface area contributed by atoms with E-state index in [1.54, 1.807) is 6.26 Å². The quantitative estimate of drug-likeness (QED) is 0.169. The molecule has 1 aliphatic rings. The molecule has 5 heteroatoms. The summed E-state index contributed by atoms with van der Waals surface area (Å²) in [6, 6.07) is 33.4. The third-order valence-electron chi connectivity index (χ3n) is 8.59. The molecule has 0 spiro atoms. The van der Waals surface area contributed by atoms with Crippen LogP contribution in [-0.2, 0) is 37.2 Å². The minimum Gasteiger partial charge on any atom is -0.489 e. The van der Waals surface area contributed by atoms with E-state index in [0.29, 0.717) is 19.8 Å². The minimum absolute atomic E-state index is 0.452. The average Bonchev–Trinajstić information content (AvgIpc) is 3.04. The molecule has 0 amide bonds. The van der Waals surface area contributed by atoms with Crippen molar-refractivity contribution < 1.29 is 13.7 Å². The number of aryl methyl sites for hydroxylation is 1. The van der Waals surface area contributed by atoms with Gasteiger partial charge in [-0.3, -0.25) is 4.31 Å². The van der Waals surface area contributed by atoms with E-state index in [1.807, 2.05) is 42.5 Å². The van der Waals surface area contributed by atoms with Gasteiger partial charge in [0.15, 0.2) is 0 Å². The fourth-order valence-corrected chi connectivity index (χ4v) is 7.12. The van der Waals surface area contributed by atoms with Crippen molar-refractivity contribution in [2.45, 2.75) is 53.9 Å². The molecule has 0 saturated carbocycles. The van der Waals surface area contributed by atoms with Crippen molar-refractivity contribution in [1.29, 1.82) is 0 Å². The molecule has 224 valence electrons. The fraction of sp³-hybridized carbons (Fsp3) is 0.231. The molecule has 5 aromatic rings. The van der Waals surface area contributed by atoms with Crippen molar-refractivity contribution in [2.24, 2.45) is 0 Å². The molecule has 44 heavy (non-hydrogen) atoms. The van der Waals surface area contributed by atoms with E-state index in [4.69, 9.17) is 9.47 Å². The summed E-state index contributed by atoms with van der Waals surface area (Å²) in [7, 11) is -1.18. The van der Waals surface area contributed by atoms with Gasteiger partial charge in [-0.15, -0.1) is 0 Å². The number of hydrogen-bond donors (Lipinski definition) is 0. The molecule has 1 heterocycles. The van der Waals surface area contributed by atoms with E-state index in [0.717, 1.165) is 40.3 Å². The monoisotopic (exact) mass is 601 g/mol. The zero-order valence-corrected chi connectivity index (χ0v) is 27.0. The second-order valence-electron chi connectivity index (χ2n) is 11.5. The molecule has 5 aromatic carbocycles. The van der Waals surface area contributed by atoms with E-state index in [-0.39, 0.29) is 0 Å². The Morgan fingerprint density at radius 2 is 1.36 bits per heavy atom. The van der Waals surface area contributed by atoms with E-state index in [9.17, 15) is 4.21 Å². The normalized spacial score (nSPS) is 12.8. The minimum atomic E-state index is -1.18. The smallest absolute Gasteiger partial charge is 0.120 e. The van der Waals surface area contributed by atoms with Crippen molar-refractivity contribution in [1.82, 2.24) is 0 Å². The summed E-state index contributed by atoms with van der Waals surface area (Å²) in [5.74, 6) is 1.64. The van der Waals surface area contributed by atoms with Crippen LogP contribution in [0.4, 0.5) is 5.69 Å². The molecule has 0 saturated heterocycles. The number of ether oxygens (including phenoxy) is 2. The molecule has 0 fully saturated rings. The van der Waals surface area contributed by atoms with Gasteiger partial charge in [0.05, 0.1) is 12.2 Å². The van der Waals surface area contributed by atoms with Gasteiger partial charge in [-0.25, -0.2) is 4.21 Å². The summed E-state index contributed by atoms with van der Waals surface area (Å²) in [5.41, 5.74) is 14.3. The van der Waals surface area contributed by atoms with Gasteiger partial charge >= 0.3 is 0 Å². The van der Waals surface area contributed by atoms with Crippen LogP contribution in [0.3, 0.4) is 0 Å². The zero-order chi connectivity index (χ0) is 30.8. The molecule has 1 aliphatic heterocycles. The second kappa shape index (κ2) is 12.7. The zero-order valence-electron chi connectivity index (χ0n) is 26.1. The van der Waals surface area contributed by atoms with Gasteiger partial charge in [0.2, 0.25) is 0 Å². The maximum atomic E-state index is 13.2. The molecule has 0 N–H and O–H groups in total. The van der Waals surface area contributed by atoms with E-state index < -0.39 is 11.0 Å². The summed E-state index contributed by atoms with van der Waals surface area (Å²) in [4.78, 5) is 0. The van der Waals surface area contributed by atoms with E-state index in [1.165, 1.54) is 44.5 Å². The van der Waals surface area contributed by atoms with Crippen molar-refractivity contribution in [3.05, 3.63) is 136 Å². The van der Waals surface area contributed by atoms with Crippen LogP contribution in [-0.4, -0.2) is 10.5 Å². The Balaban J connectivity index is 1.28. The van der Waals surface area contributed by atoms with Crippen molar-refractivity contribution in [3.8, 4) is 33.8 Å². The molecule has 0 aromatic heterocycles. The van der Waals surface area contributed by atoms with E-state index >= 15 is 0 Å². The molecule has 1 atom stereocenters. The summed E-state index contributed by atoms with van der Waals surface area (Å²) in [5, 5.41) is 0. The van der Waals surface area contributed by atoms with Gasteiger partial charge in [0.25, 0.3) is 0 Å². The first-order valence-corrected chi connectivity index (χ1v) is 16.7. The molecule has 0 bridgehead atoms. The van der Waals surface area contributed by atoms with Crippen molar-refractivity contribution in [2.75, 3.05) is 10.6 Å². The van der Waals surface area contributed by atoms with Crippen LogP contribution < -0.4 is 13.8 Å². The third-order valence-corrected chi connectivity index (χ3v) is 9.52. The topological polar surface area (TPSA) is 38.8 Å². The Morgan fingerprint density at radius 3 is 2.02 bits per heavy atom. The van der Waals surface area contributed by atoms with Gasteiger partial charge in [-0.05, 0) is 102 Å². The van der Waals surface area contributed by atoms with Gasteiger partial charge < -0.3 is 9.47 Å². The number of benzene rings is 5. The lowest BCUT2D eigenvalue weighted by molar-refractivity contribution is 0.300. The van der Waals surface area contributed by atoms with E-state index in [2.05, 4.69) is 86.6 Å². The summed E-state index contributed by atoms with van der Waals surface area (Å²) < 4.78 is 27.4. The SMILES string of the molecule is CCc1c(C)c2c(c(C)c1-c1ccc(C)cc1)-c1ccc(OCc3ccc(OCc4ccccc4)cc3)cc1CN2S(C)=O. The summed E-state index contributed by atoms with van der Waals surface area (Å²) in [6.45, 7) is 10.3. The molecule has 0 aliphatic carbocycles. The number of hydrogen-bond acceptors (Lipinski definition) is 3. The first-order chi connectivity index (χ1) is 21.3. The maximum absolute atomic E-state index is 13.2. The highest BCUT2D eigenvalue weighted by Gasteiger charge is 2.31. The van der Waals surface area contributed by atoms with Crippen molar-refractivity contribution in [3.63, 3.8) is 0 Å². The number of nitrogens with zero attached hydrogens (tertiary/aromatic N) is 1. The Bertz CT molecular complexity index is 1810. The van der Waals surface area contributed by atoms with Gasteiger partial charge in [-0.1, -0.05) is 85.3 Å². The van der Waals surface area contributed by atoms with Crippen LogP contribution in [0.5, 0.6) is 11.5 Å². The Labute approximate surface area is 263 Å². The Morgan fingerprint density at radius 1 is 0.727 bits per heavy atom. The fourth-order valence-electron chi connectivity index (χ4n) is 6.32. The highest BCUT2D eigenvalue weighted by Crippen LogP contribution is 2.49. The lowest BCUT2D eigenvalue weighted by atomic mass is 9.81. The van der Waals surface area contributed by atoms with Gasteiger partial charge in [-0.2, -0.15) is 0 Å². The third kappa shape index (κ3) is 5.89. The lowest BCUT2D eigenvalue weighted by Gasteiger charge is -2.35. The van der Waals surface area contributed by atoms with Crippen molar-refractivity contribution >= 4 is 16.7 Å². The standard InChI is InChI=1S/C39H39NO3S/c1-6-35-27(3)39-38(28(4)37(35)31-16-12-26(2)13-17-31)36-21-20-34(22-32(36)23-40(39)44(5)41)43-25-30-14-18-33(19-15-30)42-24-29-10-8-7-9-11-29/h7-22H,6,23-25H2,1-5H3. The number of anilines is 1. The van der Waals surface area contributed by atoms with Crippen LogP contribution >= 0.6 is 0 Å².